The van der Waals surface area contributed by atoms with Crippen molar-refractivity contribution in [3.63, 3.8) is 0 Å². The maximum atomic E-state index is 13.1. The van der Waals surface area contributed by atoms with Gasteiger partial charge in [-0.1, -0.05) is 11.6 Å². The molecule has 1 aromatic carbocycles. The van der Waals surface area contributed by atoms with E-state index >= 15 is 0 Å². The molecule has 6 rings (SSSR count). The highest BCUT2D eigenvalue weighted by Gasteiger charge is 2.54. The number of amides is 2. The lowest BCUT2D eigenvalue weighted by molar-refractivity contribution is -0.193. The fourth-order valence-electron chi connectivity index (χ4n) is 5.52. The number of nitrogens with zero attached hydrogens (tertiary/aromatic N) is 4. The second-order valence-corrected chi connectivity index (χ2v) is 12.6. The molecule has 280 valence electrons. The van der Waals surface area contributed by atoms with Crippen molar-refractivity contribution >= 4 is 63.8 Å². The summed E-state index contributed by atoms with van der Waals surface area (Å²) in [5.74, 6) is -4.77. The van der Waals surface area contributed by atoms with Crippen molar-refractivity contribution in [1.29, 1.82) is 0 Å². The van der Waals surface area contributed by atoms with E-state index in [1.54, 1.807) is 29.4 Å². The Morgan fingerprint density at radius 1 is 0.906 bits per heavy atom. The molecule has 5 heterocycles. The fraction of sp³-hybridized carbons (Fsp3) is 0.324. The minimum Gasteiger partial charge on any atom is -0.456 e. The molecule has 0 saturated carbocycles. The first-order valence-electron chi connectivity index (χ1n) is 16.0. The number of anilines is 5. The van der Waals surface area contributed by atoms with Crippen molar-refractivity contribution in [1.82, 2.24) is 19.9 Å². The Labute approximate surface area is 302 Å². The van der Waals surface area contributed by atoms with E-state index in [0.29, 0.717) is 48.5 Å². The second-order valence-electron chi connectivity index (χ2n) is 12.1. The summed E-state index contributed by atoms with van der Waals surface area (Å²) in [7, 11) is 0. The molecule has 2 aliphatic heterocycles. The van der Waals surface area contributed by atoms with E-state index in [9.17, 15) is 45.5 Å². The van der Waals surface area contributed by atoms with Gasteiger partial charge in [-0.15, -0.1) is 0 Å². The van der Waals surface area contributed by atoms with E-state index in [1.807, 2.05) is 37.4 Å². The van der Waals surface area contributed by atoms with Gasteiger partial charge in [0.2, 0.25) is 11.9 Å². The number of aromatic nitrogens is 3. The Kier molecular flexibility index (Phi) is 11.7. The third kappa shape index (κ3) is 10.3. The molecule has 53 heavy (non-hydrogen) atoms. The van der Waals surface area contributed by atoms with E-state index < -0.39 is 23.9 Å². The number of pyridine rings is 1. The zero-order chi connectivity index (χ0) is 38.5. The van der Waals surface area contributed by atoms with Crippen LogP contribution < -0.4 is 16.0 Å². The van der Waals surface area contributed by atoms with E-state index in [0.717, 1.165) is 53.2 Å². The van der Waals surface area contributed by atoms with Crippen LogP contribution >= 0.6 is 11.6 Å². The summed E-state index contributed by atoms with van der Waals surface area (Å²) >= 11 is 6.37. The normalized spacial score (nSPS) is 14.5. The number of nitrogens with one attached hydrogen (secondary N) is 3. The number of ketones is 2. The summed E-state index contributed by atoms with van der Waals surface area (Å²) in [4.78, 5) is 60.0. The number of Topliss-reactive ketones (excluding diaryl/α,β-unsaturated/α-hetero) is 2. The van der Waals surface area contributed by atoms with Crippen LogP contribution in [0.5, 0.6) is 0 Å². The molecular formula is C34H30ClF6N7O5. The molecular weight excluding hydrogens is 736 g/mol. The van der Waals surface area contributed by atoms with Crippen molar-refractivity contribution in [2.75, 3.05) is 29.0 Å². The van der Waals surface area contributed by atoms with Gasteiger partial charge in [0.1, 0.15) is 10.8 Å². The van der Waals surface area contributed by atoms with Gasteiger partial charge in [-0.2, -0.15) is 31.3 Å². The maximum Gasteiger partial charge on any atom is 0.458 e. The fourth-order valence-corrected chi connectivity index (χ4v) is 5.66. The lowest BCUT2D eigenvalue weighted by atomic mass is 9.93. The first kappa shape index (κ1) is 38.7. The number of rotatable bonds is 5. The molecule has 1 fully saturated rings. The van der Waals surface area contributed by atoms with Gasteiger partial charge < -0.3 is 25.3 Å². The van der Waals surface area contributed by atoms with Gasteiger partial charge in [0.25, 0.3) is 5.91 Å². The van der Waals surface area contributed by atoms with Crippen molar-refractivity contribution < 1.29 is 49.9 Å². The van der Waals surface area contributed by atoms with Crippen LogP contribution in [-0.2, 0) is 27.2 Å². The third-order valence-corrected chi connectivity index (χ3v) is 8.44. The lowest BCUT2D eigenvalue weighted by Gasteiger charge is -2.31. The van der Waals surface area contributed by atoms with Crippen molar-refractivity contribution in [2.45, 2.75) is 51.4 Å². The van der Waals surface area contributed by atoms with Gasteiger partial charge in [0.05, 0.1) is 18.1 Å². The number of carbonyl (C=O) groups is 4. The summed E-state index contributed by atoms with van der Waals surface area (Å²) in [5.41, 5.74) is 4.39. The first-order chi connectivity index (χ1) is 25.0. The Balaban J connectivity index is 0.000000390. The van der Waals surface area contributed by atoms with E-state index in [1.165, 1.54) is 0 Å². The molecule has 1 saturated heterocycles. The van der Waals surface area contributed by atoms with Gasteiger partial charge in [-0.3, -0.25) is 24.2 Å². The maximum absolute atomic E-state index is 13.1. The molecule has 2 aliphatic rings. The quantitative estimate of drug-likeness (QED) is 0.141. The number of hydrogen-bond acceptors (Lipinski definition) is 10. The Hall–Kier alpha value is -5.52. The van der Waals surface area contributed by atoms with Crippen molar-refractivity contribution in [3.05, 3.63) is 82.7 Å². The highest BCUT2D eigenvalue weighted by atomic mass is 35.5. The molecule has 3 N–H and O–H groups in total. The molecule has 3 aromatic heterocycles. The predicted octanol–water partition coefficient (Wildman–Crippen LogP) is 7.14. The molecule has 0 unspecified atom stereocenters. The molecule has 6 bridgehead atoms. The SMILES string of the molecule is Cc1ccc(C(=O)N2CCC(CC(=O)Nc3ccc4cc3CCc3cncc(c3)Nc3ncc(Cl)c(n3)N4)CC2)o1.O=C(C(=O)C(F)(F)F)C(F)(F)F. The molecule has 0 aliphatic carbocycles. The number of alkyl halides is 6. The molecule has 2 amide bonds. The molecule has 0 atom stereocenters. The lowest BCUT2D eigenvalue weighted by Crippen LogP contribution is -2.39. The van der Waals surface area contributed by atoms with Gasteiger partial charge in [-0.25, -0.2) is 4.98 Å². The van der Waals surface area contributed by atoms with Crippen molar-refractivity contribution in [3.8, 4) is 0 Å². The Morgan fingerprint density at radius 2 is 1.60 bits per heavy atom. The summed E-state index contributed by atoms with van der Waals surface area (Å²) in [6.45, 7) is 3.04. The summed E-state index contributed by atoms with van der Waals surface area (Å²) in [5, 5.41) is 10.00. The number of furan rings is 1. The number of likely N-dealkylation sites (tertiary alicyclic amines) is 1. The molecule has 12 nitrogen and oxygen atoms in total. The van der Waals surface area contributed by atoms with Crippen LogP contribution in [0.3, 0.4) is 0 Å². The zero-order valence-electron chi connectivity index (χ0n) is 27.7. The van der Waals surface area contributed by atoms with Crippen LogP contribution in [0.2, 0.25) is 5.02 Å². The predicted molar refractivity (Wildman–Crippen MR) is 179 cm³/mol. The largest absolute Gasteiger partial charge is 0.458 e. The highest BCUT2D eigenvalue weighted by molar-refractivity contribution is 6.41. The molecule has 0 spiro atoms. The van der Waals surface area contributed by atoms with Crippen LogP contribution in [-0.4, -0.2) is 68.7 Å². The molecule has 4 aromatic rings. The van der Waals surface area contributed by atoms with Crippen LogP contribution in [0.15, 0.2) is 59.4 Å². The molecule has 0 radical (unpaired) electrons. The number of carbonyl (C=O) groups excluding carboxylic acids is 4. The van der Waals surface area contributed by atoms with E-state index in [4.69, 9.17) is 16.0 Å². The van der Waals surface area contributed by atoms with E-state index in [2.05, 4.69) is 30.9 Å². The van der Waals surface area contributed by atoms with E-state index in [-0.39, 0.29) is 17.7 Å². The first-order valence-corrected chi connectivity index (χ1v) is 16.4. The molecule has 19 heteroatoms. The summed E-state index contributed by atoms with van der Waals surface area (Å²) in [6, 6.07) is 11.3. The average Bonchev–Trinajstić information content (AvgIpc) is 3.54. The van der Waals surface area contributed by atoms with Gasteiger partial charge in [0.15, 0.2) is 11.6 Å². The second kappa shape index (κ2) is 16.0. The average molecular weight is 766 g/mol. The van der Waals surface area contributed by atoms with Crippen molar-refractivity contribution in [2.24, 2.45) is 5.92 Å². The van der Waals surface area contributed by atoms with Gasteiger partial charge in [-0.05, 0) is 86.1 Å². The number of halogens is 7. The van der Waals surface area contributed by atoms with Crippen LogP contribution in [0.1, 0.15) is 46.7 Å². The van der Waals surface area contributed by atoms with Crippen LogP contribution in [0, 0.1) is 12.8 Å². The number of hydrogen-bond donors (Lipinski definition) is 3. The summed E-state index contributed by atoms with van der Waals surface area (Å²) < 4.78 is 72.4. The standard InChI is InChI=1S/C30H30ClN7O3.C4F6O2/c1-18-2-7-26(41-18)29(40)38-10-8-19(9-11-38)13-27(39)36-25-6-5-22-14-21(25)4-3-20-12-23(16-32-15-20)35-30-33-17-24(31)28(34-22)37-30;5-3(6,7)1(11)2(12)4(8,9)10/h2,5-7,12,14-17,19H,3-4,8-11,13H2,1H3,(H,36,39)(H2,33,34,35,37);. The third-order valence-electron chi connectivity index (χ3n) is 8.17. The monoisotopic (exact) mass is 765 g/mol. The Bertz CT molecular complexity index is 1990. The van der Waals surface area contributed by atoms with Gasteiger partial charge >= 0.3 is 23.9 Å². The minimum absolute atomic E-state index is 0.0346. The number of fused-ring (bicyclic) bond motifs is 6. The highest BCUT2D eigenvalue weighted by Crippen LogP contribution is 2.30. The number of benzene rings is 1. The minimum atomic E-state index is -5.77. The number of aryl methyl sites for hydroxylation is 3. The number of piperidine rings is 1. The van der Waals surface area contributed by atoms with Gasteiger partial charge in [0, 0.05) is 37.1 Å². The van der Waals surface area contributed by atoms with Crippen LogP contribution in [0.4, 0.5) is 55.2 Å². The zero-order valence-corrected chi connectivity index (χ0v) is 28.5. The topological polar surface area (TPSA) is 159 Å². The summed E-state index contributed by atoms with van der Waals surface area (Å²) in [6.07, 6.45) is -3.07. The smallest absolute Gasteiger partial charge is 0.456 e. The van der Waals surface area contributed by atoms with Crippen LogP contribution in [0.25, 0.3) is 0 Å². The Morgan fingerprint density at radius 3 is 2.25 bits per heavy atom.